The number of aromatic nitrogens is 2. The van der Waals surface area contributed by atoms with Gasteiger partial charge in [-0.05, 0) is 31.4 Å². The Labute approximate surface area is 123 Å². The van der Waals surface area contributed by atoms with Gasteiger partial charge < -0.3 is 10.1 Å². The molecule has 0 saturated carbocycles. The Morgan fingerprint density at radius 3 is 3.15 bits per heavy atom. The van der Waals surface area contributed by atoms with Crippen LogP contribution in [0, 0.1) is 0 Å². The van der Waals surface area contributed by atoms with Crippen molar-refractivity contribution in [1.82, 2.24) is 15.3 Å². The van der Waals surface area contributed by atoms with Crippen LogP contribution < -0.4 is 5.32 Å². The Hall–Kier alpha value is -1.30. The first-order chi connectivity index (χ1) is 9.92. The van der Waals surface area contributed by atoms with E-state index in [1.165, 1.54) is 19.3 Å². The Balaban J connectivity index is 1.50. The van der Waals surface area contributed by atoms with Crippen LogP contribution in [0.3, 0.4) is 0 Å². The summed E-state index contributed by atoms with van der Waals surface area (Å²) in [7, 11) is 0. The molecule has 1 aliphatic heterocycles. The van der Waals surface area contributed by atoms with Crippen molar-refractivity contribution in [3.8, 4) is 10.7 Å². The summed E-state index contributed by atoms with van der Waals surface area (Å²) in [5, 5.41) is 6.51. The van der Waals surface area contributed by atoms with E-state index in [1.54, 1.807) is 17.5 Å². The minimum absolute atomic E-state index is 0.373. The number of hydrogen-bond acceptors (Lipinski definition) is 5. The van der Waals surface area contributed by atoms with Crippen LogP contribution in [-0.2, 0) is 11.3 Å². The van der Waals surface area contributed by atoms with Crippen LogP contribution in [-0.4, -0.2) is 29.2 Å². The Kier molecular flexibility index (Phi) is 4.73. The van der Waals surface area contributed by atoms with Gasteiger partial charge in [-0.25, -0.2) is 4.98 Å². The summed E-state index contributed by atoms with van der Waals surface area (Å²) >= 11 is 1.64. The third kappa shape index (κ3) is 3.62. The van der Waals surface area contributed by atoms with Crippen LogP contribution in [0.2, 0.25) is 0 Å². The molecular formula is C15H19N3OS. The topological polar surface area (TPSA) is 47.0 Å². The third-order valence-electron chi connectivity index (χ3n) is 3.39. The summed E-state index contributed by atoms with van der Waals surface area (Å²) < 4.78 is 5.70. The maximum atomic E-state index is 5.70. The molecule has 1 aliphatic rings. The molecule has 0 radical (unpaired) electrons. The lowest BCUT2D eigenvalue weighted by atomic mass is 10.1. The first kappa shape index (κ1) is 13.7. The number of rotatable bonds is 5. The van der Waals surface area contributed by atoms with Gasteiger partial charge in [-0.3, -0.25) is 4.98 Å². The van der Waals surface area contributed by atoms with E-state index in [2.05, 4.69) is 20.7 Å². The SMILES string of the molecule is c1ccc(-c2nc(CNCC3CCCCO3)cs2)nc1. The second-order valence-electron chi connectivity index (χ2n) is 4.98. The fourth-order valence-electron chi connectivity index (χ4n) is 2.32. The fraction of sp³-hybridized carbons (Fsp3) is 0.467. The van der Waals surface area contributed by atoms with Gasteiger partial charge in [0.25, 0.3) is 0 Å². The van der Waals surface area contributed by atoms with E-state index >= 15 is 0 Å². The zero-order valence-electron chi connectivity index (χ0n) is 11.4. The van der Waals surface area contributed by atoms with E-state index in [4.69, 9.17) is 4.74 Å². The quantitative estimate of drug-likeness (QED) is 0.919. The monoisotopic (exact) mass is 289 g/mol. The fourth-order valence-corrected chi connectivity index (χ4v) is 3.12. The summed E-state index contributed by atoms with van der Waals surface area (Å²) in [6.45, 7) is 2.62. The molecule has 1 saturated heterocycles. The number of nitrogens with one attached hydrogen (secondary N) is 1. The van der Waals surface area contributed by atoms with Crippen molar-refractivity contribution in [2.24, 2.45) is 0 Å². The number of pyridine rings is 1. The van der Waals surface area contributed by atoms with E-state index in [0.29, 0.717) is 6.10 Å². The molecule has 3 heterocycles. The van der Waals surface area contributed by atoms with Gasteiger partial charge in [0.15, 0.2) is 0 Å². The van der Waals surface area contributed by atoms with E-state index in [9.17, 15) is 0 Å². The lowest BCUT2D eigenvalue weighted by molar-refractivity contribution is 0.0167. The maximum absolute atomic E-state index is 5.70. The number of hydrogen-bond donors (Lipinski definition) is 1. The minimum atomic E-state index is 0.373. The summed E-state index contributed by atoms with van der Waals surface area (Å²) in [4.78, 5) is 8.94. The van der Waals surface area contributed by atoms with Gasteiger partial charge in [0.05, 0.1) is 17.5 Å². The molecule has 0 amide bonds. The molecule has 1 N–H and O–H groups in total. The molecular weight excluding hydrogens is 270 g/mol. The van der Waals surface area contributed by atoms with Crippen LogP contribution >= 0.6 is 11.3 Å². The van der Waals surface area contributed by atoms with Crippen molar-refractivity contribution < 1.29 is 4.74 Å². The predicted molar refractivity (Wildman–Crippen MR) is 80.6 cm³/mol. The maximum Gasteiger partial charge on any atom is 0.142 e. The molecule has 3 rings (SSSR count). The van der Waals surface area contributed by atoms with Gasteiger partial charge in [0.1, 0.15) is 5.01 Å². The Morgan fingerprint density at radius 1 is 1.35 bits per heavy atom. The Bertz CT molecular complexity index is 523. The highest BCUT2D eigenvalue weighted by Crippen LogP contribution is 2.21. The van der Waals surface area contributed by atoms with Gasteiger partial charge in [-0.1, -0.05) is 6.07 Å². The molecule has 2 aromatic rings. The average Bonchev–Trinajstić information content (AvgIpc) is 2.98. The molecule has 106 valence electrons. The number of thiazole rings is 1. The zero-order valence-corrected chi connectivity index (χ0v) is 12.2. The van der Waals surface area contributed by atoms with Gasteiger partial charge in [-0.2, -0.15) is 0 Å². The van der Waals surface area contributed by atoms with Crippen molar-refractivity contribution in [2.75, 3.05) is 13.2 Å². The van der Waals surface area contributed by atoms with Crippen LogP contribution in [0.5, 0.6) is 0 Å². The standard InChI is InChI=1S/C15H19N3OS/c1-3-7-17-14(6-1)15-18-12(11-20-15)9-16-10-13-5-2-4-8-19-13/h1,3,6-7,11,13,16H,2,4-5,8-10H2. The van der Waals surface area contributed by atoms with Crippen LogP contribution in [0.15, 0.2) is 29.8 Å². The normalized spacial score (nSPS) is 19.1. The van der Waals surface area contributed by atoms with E-state index in [-0.39, 0.29) is 0 Å². The molecule has 0 bridgehead atoms. The zero-order chi connectivity index (χ0) is 13.6. The number of nitrogens with zero attached hydrogens (tertiary/aromatic N) is 2. The van der Waals surface area contributed by atoms with Crippen molar-refractivity contribution in [3.05, 3.63) is 35.5 Å². The summed E-state index contributed by atoms with van der Waals surface area (Å²) in [5.41, 5.74) is 2.02. The molecule has 1 fully saturated rings. The van der Waals surface area contributed by atoms with Gasteiger partial charge in [0.2, 0.25) is 0 Å². The minimum Gasteiger partial charge on any atom is -0.377 e. The highest BCUT2D eigenvalue weighted by molar-refractivity contribution is 7.13. The van der Waals surface area contributed by atoms with Crippen molar-refractivity contribution in [2.45, 2.75) is 31.9 Å². The summed E-state index contributed by atoms with van der Waals surface area (Å²) in [6.07, 6.45) is 5.83. The van der Waals surface area contributed by atoms with Crippen LogP contribution in [0.25, 0.3) is 10.7 Å². The molecule has 1 unspecified atom stereocenters. The molecule has 20 heavy (non-hydrogen) atoms. The Morgan fingerprint density at radius 2 is 2.35 bits per heavy atom. The third-order valence-corrected chi connectivity index (χ3v) is 4.30. The highest BCUT2D eigenvalue weighted by Gasteiger charge is 2.13. The van der Waals surface area contributed by atoms with Gasteiger partial charge >= 0.3 is 0 Å². The predicted octanol–water partition coefficient (Wildman–Crippen LogP) is 2.86. The van der Waals surface area contributed by atoms with E-state index in [0.717, 1.165) is 36.1 Å². The second kappa shape index (κ2) is 6.92. The second-order valence-corrected chi connectivity index (χ2v) is 5.84. The van der Waals surface area contributed by atoms with Crippen LogP contribution in [0.1, 0.15) is 25.0 Å². The highest BCUT2D eigenvalue weighted by atomic mass is 32.1. The molecule has 2 aromatic heterocycles. The first-order valence-electron chi connectivity index (χ1n) is 7.10. The summed E-state index contributed by atoms with van der Waals surface area (Å²) in [5.74, 6) is 0. The van der Waals surface area contributed by atoms with Crippen molar-refractivity contribution in [3.63, 3.8) is 0 Å². The molecule has 0 spiro atoms. The van der Waals surface area contributed by atoms with Crippen molar-refractivity contribution in [1.29, 1.82) is 0 Å². The lowest BCUT2D eigenvalue weighted by Gasteiger charge is -2.22. The van der Waals surface area contributed by atoms with Crippen LogP contribution in [0.4, 0.5) is 0 Å². The molecule has 5 heteroatoms. The van der Waals surface area contributed by atoms with Gasteiger partial charge in [-0.15, -0.1) is 11.3 Å². The molecule has 4 nitrogen and oxygen atoms in total. The van der Waals surface area contributed by atoms with E-state index < -0.39 is 0 Å². The average molecular weight is 289 g/mol. The largest absolute Gasteiger partial charge is 0.377 e. The molecule has 1 atom stereocenters. The van der Waals surface area contributed by atoms with Crippen molar-refractivity contribution >= 4 is 11.3 Å². The molecule has 0 aromatic carbocycles. The smallest absolute Gasteiger partial charge is 0.142 e. The van der Waals surface area contributed by atoms with E-state index in [1.807, 2.05) is 18.2 Å². The van der Waals surface area contributed by atoms with Gasteiger partial charge in [0, 0.05) is 31.3 Å². The summed E-state index contributed by atoms with van der Waals surface area (Å²) in [6, 6.07) is 5.90. The lowest BCUT2D eigenvalue weighted by Crippen LogP contribution is -2.31. The molecule has 0 aliphatic carbocycles. The first-order valence-corrected chi connectivity index (χ1v) is 7.98. The number of ether oxygens (including phenoxy) is 1.